The van der Waals surface area contributed by atoms with E-state index in [1.807, 2.05) is 13.8 Å². The summed E-state index contributed by atoms with van der Waals surface area (Å²) in [6.07, 6.45) is 2.39. The molecule has 0 amide bonds. The van der Waals surface area contributed by atoms with E-state index in [-0.39, 0.29) is 24.4 Å². The van der Waals surface area contributed by atoms with Crippen LogP contribution in [0.15, 0.2) is 0 Å². The largest absolute Gasteiger partial charge is 0.466 e. The molecule has 0 aromatic rings. The van der Waals surface area contributed by atoms with Gasteiger partial charge in [0.05, 0.1) is 13.2 Å². The van der Waals surface area contributed by atoms with Crippen molar-refractivity contribution in [2.24, 2.45) is 0 Å². The van der Waals surface area contributed by atoms with E-state index in [0.29, 0.717) is 26.1 Å². The Kier molecular flexibility index (Phi) is 16.1. The minimum Gasteiger partial charge on any atom is -0.466 e. The lowest BCUT2D eigenvalue weighted by atomic mass is 10.2. The average Bonchev–Trinajstić information content (AvgIpc) is 2.40. The van der Waals surface area contributed by atoms with Gasteiger partial charge < -0.3 is 9.47 Å². The number of hydrogen-bond donors (Lipinski definition) is 0. The van der Waals surface area contributed by atoms with Crippen molar-refractivity contribution in [3.05, 3.63) is 0 Å². The van der Waals surface area contributed by atoms with Gasteiger partial charge in [-0.3, -0.25) is 19.2 Å². The van der Waals surface area contributed by atoms with Crippen LogP contribution >= 0.6 is 0 Å². The zero-order valence-electron chi connectivity index (χ0n) is 14.1. The molecule has 0 bridgehead atoms. The van der Waals surface area contributed by atoms with E-state index < -0.39 is 11.9 Å². The average molecular weight is 316 g/mol. The maximum Gasteiger partial charge on any atom is 0.313 e. The van der Waals surface area contributed by atoms with Crippen molar-refractivity contribution in [1.82, 2.24) is 0 Å². The van der Waals surface area contributed by atoms with Crippen LogP contribution < -0.4 is 0 Å². The summed E-state index contributed by atoms with van der Waals surface area (Å²) in [6, 6.07) is 0. The van der Waals surface area contributed by atoms with Crippen LogP contribution in [-0.4, -0.2) is 36.7 Å². The highest BCUT2D eigenvalue weighted by Crippen LogP contribution is 1.96. The van der Waals surface area contributed by atoms with Crippen molar-refractivity contribution in [1.29, 1.82) is 0 Å². The fourth-order valence-electron chi connectivity index (χ4n) is 1.48. The molecule has 0 heterocycles. The number of hydrogen-bond acceptors (Lipinski definition) is 6. The quantitative estimate of drug-likeness (QED) is 0.455. The van der Waals surface area contributed by atoms with Gasteiger partial charge in [0.25, 0.3) is 0 Å². The van der Waals surface area contributed by atoms with Crippen LogP contribution in [-0.2, 0) is 28.7 Å². The van der Waals surface area contributed by atoms with Crippen LogP contribution in [0.4, 0.5) is 0 Å². The molecular formula is C16H28O6. The molecule has 0 fully saturated rings. The van der Waals surface area contributed by atoms with Gasteiger partial charge in [-0.25, -0.2) is 0 Å². The number of ketones is 2. The van der Waals surface area contributed by atoms with Crippen LogP contribution in [0.3, 0.4) is 0 Å². The summed E-state index contributed by atoms with van der Waals surface area (Å²) in [5.74, 6) is -0.895. The van der Waals surface area contributed by atoms with Gasteiger partial charge in [0.1, 0.15) is 24.4 Å². The highest BCUT2D eigenvalue weighted by Gasteiger charge is 2.08. The molecule has 0 aromatic heterocycles. The SMILES string of the molecule is CCCC(=O)CC(=O)OCC.CCCC(=O)CC(=O)OCC. The summed E-state index contributed by atoms with van der Waals surface area (Å²) in [5.41, 5.74) is 0. The number of esters is 2. The topological polar surface area (TPSA) is 86.7 Å². The van der Waals surface area contributed by atoms with E-state index in [2.05, 4.69) is 9.47 Å². The molecule has 22 heavy (non-hydrogen) atoms. The number of ether oxygens (including phenoxy) is 2. The fraction of sp³-hybridized carbons (Fsp3) is 0.750. The number of carbonyl (C=O) groups is 4. The summed E-state index contributed by atoms with van der Waals surface area (Å²) < 4.78 is 9.20. The Morgan fingerprint density at radius 3 is 1.18 bits per heavy atom. The molecule has 0 rings (SSSR count). The third-order valence-electron chi connectivity index (χ3n) is 2.35. The van der Waals surface area contributed by atoms with E-state index in [0.717, 1.165) is 12.8 Å². The van der Waals surface area contributed by atoms with Gasteiger partial charge in [0, 0.05) is 12.8 Å². The molecule has 128 valence electrons. The van der Waals surface area contributed by atoms with Crippen molar-refractivity contribution in [2.45, 2.75) is 66.2 Å². The normalized spacial score (nSPS) is 9.27. The third-order valence-corrected chi connectivity index (χ3v) is 2.35. The van der Waals surface area contributed by atoms with Gasteiger partial charge >= 0.3 is 11.9 Å². The number of carbonyl (C=O) groups excluding carboxylic acids is 4. The van der Waals surface area contributed by atoms with Crippen LogP contribution in [0.25, 0.3) is 0 Å². The summed E-state index contributed by atoms with van der Waals surface area (Å²) in [5, 5.41) is 0. The second kappa shape index (κ2) is 15.7. The summed E-state index contributed by atoms with van der Waals surface area (Å²) >= 11 is 0. The third kappa shape index (κ3) is 16.3. The zero-order chi connectivity index (χ0) is 17.4. The van der Waals surface area contributed by atoms with Crippen molar-refractivity contribution < 1.29 is 28.7 Å². The molecule has 0 atom stereocenters. The molecule has 6 heteroatoms. The second-order valence-corrected chi connectivity index (χ2v) is 4.54. The highest BCUT2D eigenvalue weighted by molar-refractivity contribution is 5.95. The van der Waals surface area contributed by atoms with Crippen LogP contribution in [0.1, 0.15) is 66.2 Å². The van der Waals surface area contributed by atoms with Crippen LogP contribution in [0.5, 0.6) is 0 Å². The van der Waals surface area contributed by atoms with Crippen molar-refractivity contribution in [2.75, 3.05) is 13.2 Å². The Labute approximate surface area is 132 Å². The number of Topliss-reactive ketones (excluding diaryl/α,β-unsaturated/α-hetero) is 2. The van der Waals surface area contributed by atoms with E-state index in [1.165, 1.54) is 0 Å². The lowest BCUT2D eigenvalue weighted by Gasteiger charge is -1.98. The lowest BCUT2D eigenvalue weighted by Crippen LogP contribution is -2.10. The van der Waals surface area contributed by atoms with E-state index in [4.69, 9.17) is 0 Å². The first-order valence-corrected chi connectivity index (χ1v) is 7.75. The molecule has 0 radical (unpaired) electrons. The smallest absolute Gasteiger partial charge is 0.313 e. The predicted octanol–water partition coefficient (Wildman–Crippen LogP) is 2.62. The molecule has 0 spiro atoms. The summed E-state index contributed by atoms with van der Waals surface area (Å²) in [6.45, 7) is 7.95. The summed E-state index contributed by atoms with van der Waals surface area (Å²) in [7, 11) is 0. The van der Waals surface area contributed by atoms with Gasteiger partial charge in [-0.2, -0.15) is 0 Å². The van der Waals surface area contributed by atoms with Crippen molar-refractivity contribution in [3.63, 3.8) is 0 Å². The molecule has 0 aliphatic rings. The van der Waals surface area contributed by atoms with Gasteiger partial charge in [-0.1, -0.05) is 13.8 Å². The Morgan fingerprint density at radius 1 is 0.636 bits per heavy atom. The standard InChI is InChI=1S/2C8H14O3/c2*1-3-5-7(9)6-8(10)11-4-2/h2*3-6H2,1-2H3. The molecule has 0 aliphatic heterocycles. The summed E-state index contributed by atoms with van der Waals surface area (Å²) in [4.78, 5) is 43.0. The fourth-order valence-corrected chi connectivity index (χ4v) is 1.48. The maximum absolute atomic E-state index is 10.8. The monoisotopic (exact) mass is 316 g/mol. The van der Waals surface area contributed by atoms with Gasteiger partial charge in [-0.15, -0.1) is 0 Å². The minimum atomic E-state index is -0.411. The molecule has 0 saturated carbocycles. The highest BCUT2D eigenvalue weighted by atomic mass is 16.5. The molecule has 0 unspecified atom stereocenters. The zero-order valence-corrected chi connectivity index (χ0v) is 14.1. The lowest BCUT2D eigenvalue weighted by molar-refractivity contribution is -0.147. The Balaban J connectivity index is 0. The first-order chi connectivity index (χ1) is 10.4. The Bertz CT molecular complexity index is 283. The molecule has 6 nitrogen and oxygen atoms in total. The molecule has 0 aromatic carbocycles. The van der Waals surface area contributed by atoms with E-state index in [9.17, 15) is 19.2 Å². The molecule has 0 saturated heterocycles. The van der Waals surface area contributed by atoms with E-state index in [1.54, 1.807) is 13.8 Å². The Hall–Kier alpha value is -1.72. The van der Waals surface area contributed by atoms with Crippen LogP contribution in [0, 0.1) is 0 Å². The van der Waals surface area contributed by atoms with Crippen LogP contribution in [0.2, 0.25) is 0 Å². The Morgan fingerprint density at radius 2 is 0.955 bits per heavy atom. The second-order valence-electron chi connectivity index (χ2n) is 4.54. The first-order valence-electron chi connectivity index (χ1n) is 7.75. The predicted molar refractivity (Wildman–Crippen MR) is 82.3 cm³/mol. The van der Waals surface area contributed by atoms with Crippen molar-refractivity contribution >= 4 is 23.5 Å². The van der Waals surface area contributed by atoms with Gasteiger partial charge in [0.15, 0.2) is 0 Å². The number of rotatable bonds is 10. The molecular weight excluding hydrogens is 288 g/mol. The van der Waals surface area contributed by atoms with E-state index >= 15 is 0 Å². The maximum atomic E-state index is 10.8. The first kappa shape index (κ1) is 22.6. The van der Waals surface area contributed by atoms with Gasteiger partial charge in [-0.05, 0) is 26.7 Å². The molecule has 0 N–H and O–H groups in total. The van der Waals surface area contributed by atoms with Crippen molar-refractivity contribution in [3.8, 4) is 0 Å². The minimum absolute atomic E-state index is 0.0362. The van der Waals surface area contributed by atoms with Gasteiger partial charge in [0.2, 0.25) is 0 Å². The molecule has 0 aliphatic carbocycles.